The molecule has 5 nitrogen and oxygen atoms in total. The number of rotatable bonds is 5. The zero-order chi connectivity index (χ0) is 11.4. The maximum Gasteiger partial charge on any atom is 0.249 e. The second kappa shape index (κ2) is 5.03. The number of nitrogens with zero attached hydrogens (tertiary/aromatic N) is 2. The van der Waals surface area contributed by atoms with Gasteiger partial charge < -0.3 is 0 Å². The van der Waals surface area contributed by atoms with Crippen LogP contribution in [0.1, 0.15) is 24.2 Å². The van der Waals surface area contributed by atoms with Gasteiger partial charge in [-0.3, -0.25) is 19.6 Å². The average molecular weight is 221 g/mol. The summed E-state index contributed by atoms with van der Waals surface area (Å²) in [4.78, 5) is 24.6. The van der Waals surface area contributed by atoms with Crippen LogP contribution in [0.5, 0.6) is 0 Å². The lowest BCUT2D eigenvalue weighted by atomic mass is 10.3. The van der Waals surface area contributed by atoms with Gasteiger partial charge in [0, 0.05) is 12.4 Å². The fourth-order valence-corrected chi connectivity index (χ4v) is 1.24. The van der Waals surface area contributed by atoms with Crippen molar-refractivity contribution in [3.8, 4) is 0 Å². The summed E-state index contributed by atoms with van der Waals surface area (Å²) in [5.41, 5.74) is 3.90. The van der Waals surface area contributed by atoms with Crippen molar-refractivity contribution in [2.24, 2.45) is 5.92 Å². The van der Waals surface area contributed by atoms with E-state index in [-0.39, 0.29) is 12.3 Å². The van der Waals surface area contributed by atoms with Crippen molar-refractivity contribution in [2.75, 3.05) is 6.61 Å². The van der Waals surface area contributed by atoms with Gasteiger partial charge in [-0.25, -0.2) is 5.48 Å². The van der Waals surface area contributed by atoms with Crippen LogP contribution in [0.2, 0.25) is 0 Å². The van der Waals surface area contributed by atoms with E-state index in [1.807, 2.05) is 6.92 Å². The van der Waals surface area contributed by atoms with Crippen LogP contribution in [-0.4, -0.2) is 22.5 Å². The largest absolute Gasteiger partial charge is 0.273 e. The van der Waals surface area contributed by atoms with E-state index in [0.29, 0.717) is 18.2 Å². The molecule has 0 bridgehead atoms. The van der Waals surface area contributed by atoms with Crippen LogP contribution in [0.25, 0.3) is 0 Å². The molecular weight excluding hydrogens is 206 g/mol. The smallest absolute Gasteiger partial charge is 0.249 e. The molecule has 2 rings (SSSR count). The second-order valence-corrected chi connectivity index (χ2v) is 4.11. The molecule has 1 fully saturated rings. The Morgan fingerprint density at radius 2 is 2.31 bits per heavy atom. The van der Waals surface area contributed by atoms with Crippen molar-refractivity contribution in [3.63, 3.8) is 0 Å². The lowest BCUT2D eigenvalue weighted by molar-refractivity contribution is -0.133. The van der Waals surface area contributed by atoms with Crippen molar-refractivity contribution in [1.29, 1.82) is 0 Å². The van der Waals surface area contributed by atoms with Gasteiger partial charge in [0.25, 0.3) is 0 Å². The molecule has 86 valence electrons. The zero-order valence-electron chi connectivity index (χ0n) is 9.27. The van der Waals surface area contributed by atoms with Crippen LogP contribution in [0.15, 0.2) is 12.4 Å². The summed E-state index contributed by atoms with van der Waals surface area (Å²) in [6.07, 6.45) is 5.88. The molecule has 0 saturated heterocycles. The first kappa shape index (κ1) is 11.0. The number of aryl methyl sites for hydroxylation is 1. The number of hydrogen-bond acceptors (Lipinski definition) is 4. The number of carbonyl (C=O) groups excluding carboxylic acids is 1. The standard InChI is InChI=1S/C11H15N3O2/c1-8-5-13-10(6-12-8)4-11(15)14-16-7-9-2-3-9/h5-6,9H,2-4,7H2,1H3,(H,14,15). The summed E-state index contributed by atoms with van der Waals surface area (Å²) in [6, 6.07) is 0. The third-order valence-corrected chi connectivity index (χ3v) is 2.38. The topological polar surface area (TPSA) is 64.1 Å². The van der Waals surface area contributed by atoms with Crippen LogP contribution in [0.3, 0.4) is 0 Å². The molecule has 1 heterocycles. The van der Waals surface area contributed by atoms with Gasteiger partial charge in [0.15, 0.2) is 0 Å². The molecule has 0 aliphatic heterocycles. The molecule has 16 heavy (non-hydrogen) atoms. The average Bonchev–Trinajstić information content (AvgIpc) is 3.05. The fraction of sp³-hybridized carbons (Fsp3) is 0.545. The summed E-state index contributed by atoms with van der Waals surface area (Å²) in [5.74, 6) is 0.457. The molecule has 5 heteroatoms. The van der Waals surface area contributed by atoms with Gasteiger partial charge in [-0.2, -0.15) is 0 Å². The van der Waals surface area contributed by atoms with Crippen molar-refractivity contribution in [3.05, 3.63) is 23.8 Å². The van der Waals surface area contributed by atoms with Gasteiger partial charge in [0.2, 0.25) is 5.91 Å². The van der Waals surface area contributed by atoms with E-state index in [0.717, 1.165) is 5.69 Å². The van der Waals surface area contributed by atoms with Crippen LogP contribution < -0.4 is 5.48 Å². The van der Waals surface area contributed by atoms with Gasteiger partial charge >= 0.3 is 0 Å². The van der Waals surface area contributed by atoms with Crippen LogP contribution in [0, 0.1) is 12.8 Å². The van der Waals surface area contributed by atoms with Gasteiger partial charge in [-0.1, -0.05) is 0 Å². The van der Waals surface area contributed by atoms with Gasteiger partial charge in [-0.15, -0.1) is 0 Å². The normalized spacial score (nSPS) is 14.8. The molecule has 1 aromatic heterocycles. The van der Waals surface area contributed by atoms with E-state index >= 15 is 0 Å². The highest BCUT2D eigenvalue weighted by atomic mass is 16.7. The van der Waals surface area contributed by atoms with E-state index in [9.17, 15) is 4.79 Å². The second-order valence-electron chi connectivity index (χ2n) is 4.11. The minimum Gasteiger partial charge on any atom is -0.273 e. The first-order valence-electron chi connectivity index (χ1n) is 5.42. The van der Waals surface area contributed by atoms with Gasteiger partial charge in [-0.05, 0) is 25.7 Å². The van der Waals surface area contributed by atoms with Crippen LogP contribution in [0.4, 0.5) is 0 Å². The van der Waals surface area contributed by atoms with E-state index in [4.69, 9.17) is 4.84 Å². The maximum absolute atomic E-state index is 11.4. The number of hydrogen-bond donors (Lipinski definition) is 1. The molecule has 0 atom stereocenters. The quantitative estimate of drug-likeness (QED) is 0.746. The van der Waals surface area contributed by atoms with Crippen molar-refractivity contribution in [2.45, 2.75) is 26.2 Å². The number of amides is 1. The molecule has 1 saturated carbocycles. The predicted octanol–water partition coefficient (Wildman–Crippen LogP) is 0.785. The number of nitrogens with one attached hydrogen (secondary N) is 1. The Kier molecular flexibility index (Phi) is 3.46. The summed E-state index contributed by atoms with van der Waals surface area (Å²) >= 11 is 0. The highest BCUT2D eigenvalue weighted by molar-refractivity contribution is 5.76. The molecule has 1 amide bonds. The molecule has 0 radical (unpaired) electrons. The summed E-state index contributed by atoms with van der Waals surface area (Å²) < 4.78 is 0. The molecule has 1 aliphatic rings. The fourth-order valence-electron chi connectivity index (χ4n) is 1.24. The van der Waals surface area contributed by atoms with Crippen molar-refractivity contribution in [1.82, 2.24) is 15.4 Å². The monoisotopic (exact) mass is 221 g/mol. The first-order chi connectivity index (χ1) is 7.74. The molecule has 0 aromatic carbocycles. The minimum absolute atomic E-state index is 0.182. The lowest BCUT2D eigenvalue weighted by Crippen LogP contribution is -2.26. The van der Waals surface area contributed by atoms with E-state index in [1.165, 1.54) is 12.8 Å². The van der Waals surface area contributed by atoms with Crippen molar-refractivity contribution < 1.29 is 9.63 Å². The highest BCUT2D eigenvalue weighted by Crippen LogP contribution is 2.28. The number of carbonyl (C=O) groups is 1. The Morgan fingerprint density at radius 3 is 2.94 bits per heavy atom. The molecule has 1 aliphatic carbocycles. The molecule has 0 unspecified atom stereocenters. The van der Waals surface area contributed by atoms with Crippen LogP contribution >= 0.6 is 0 Å². The molecule has 1 N–H and O–H groups in total. The SMILES string of the molecule is Cc1cnc(CC(=O)NOCC2CC2)cn1. The molecule has 1 aromatic rings. The third kappa shape index (κ3) is 3.58. The third-order valence-electron chi connectivity index (χ3n) is 2.38. The number of aromatic nitrogens is 2. The first-order valence-corrected chi connectivity index (χ1v) is 5.42. The Balaban J connectivity index is 1.70. The molecular formula is C11H15N3O2. The lowest BCUT2D eigenvalue weighted by Gasteiger charge is -2.04. The highest BCUT2D eigenvalue weighted by Gasteiger charge is 2.21. The van der Waals surface area contributed by atoms with Gasteiger partial charge in [0.05, 0.1) is 24.4 Å². The van der Waals surface area contributed by atoms with Gasteiger partial charge in [0.1, 0.15) is 0 Å². The zero-order valence-corrected chi connectivity index (χ0v) is 9.27. The minimum atomic E-state index is -0.182. The summed E-state index contributed by atoms with van der Waals surface area (Å²) in [6.45, 7) is 2.47. The Labute approximate surface area is 94.2 Å². The van der Waals surface area contributed by atoms with E-state index in [1.54, 1.807) is 12.4 Å². The Hall–Kier alpha value is -1.49. The maximum atomic E-state index is 11.4. The Morgan fingerprint density at radius 1 is 1.50 bits per heavy atom. The summed E-state index contributed by atoms with van der Waals surface area (Å²) in [5, 5.41) is 0. The Bertz CT molecular complexity index is 360. The van der Waals surface area contributed by atoms with Crippen LogP contribution in [-0.2, 0) is 16.1 Å². The van der Waals surface area contributed by atoms with E-state index < -0.39 is 0 Å². The number of hydroxylamine groups is 1. The predicted molar refractivity (Wildman–Crippen MR) is 57.3 cm³/mol. The summed E-state index contributed by atoms with van der Waals surface area (Å²) in [7, 11) is 0. The van der Waals surface area contributed by atoms with Crippen molar-refractivity contribution >= 4 is 5.91 Å². The molecule has 0 spiro atoms. The van der Waals surface area contributed by atoms with E-state index in [2.05, 4.69) is 15.4 Å².